The van der Waals surface area contributed by atoms with Gasteiger partial charge in [-0.15, -0.1) is 0 Å². The van der Waals surface area contributed by atoms with E-state index < -0.39 is 12.7 Å². The Bertz CT molecular complexity index is 159. The van der Waals surface area contributed by atoms with Crippen molar-refractivity contribution in [2.75, 3.05) is 32.9 Å². The van der Waals surface area contributed by atoms with E-state index in [4.69, 9.17) is 5.73 Å². The first-order valence-corrected chi connectivity index (χ1v) is 4.06. The van der Waals surface area contributed by atoms with Crippen LogP contribution in [-0.4, -0.2) is 49.7 Å². The zero-order valence-electron chi connectivity index (χ0n) is 6.92. The molecule has 3 N–H and O–H groups in total. The summed E-state index contributed by atoms with van der Waals surface area (Å²) in [6, 6.07) is -0.969. The summed E-state index contributed by atoms with van der Waals surface area (Å²) in [6.45, 7) is 2.03. The summed E-state index contributed by atoms with van der Waals surface area (Å²) in [4.78, 5) is 12.9. The van der Waals surface area contributed by atoms with Crippen molar-refractivity contribution in [1.29, 1.82) is 0 Å². The number of nitrogens with two attached hydrogens (primary N) is 1. The second-order valence-electron chi connectivity index (χ2n) is 2.84. The molecule has 1 atom stereocenters. The van der Waals surface area contributed by atoms with Crippen LogP contribution in [0, 0.1) is 0 Å². The average molecular weight is 175 g/mol. The van der Waals surface area contributed by atoms with Crippen LogP contribution in [0.15, 0.2) is 0 Å². The Hall–Kier alpha value is -0.680. The van der Waals surface area contributed by atoms with Gasteiger partial charge in [0.05, 0.1) is 0 Å². The second kappa shape index (κ2) is 4.37. The molecule has 1 fully saturated rings. The fourth-order valence-electron chi connectivity index (χ4n) is 1.19. The maximum atomic E-state index is 12.0. The van der Waals surface area contributed by atoms with E-state index >= 15 is 0 Å². The first-order valence-electron chi connectivity index (χ1n) is 4.06. The van der Waals surface area contributed by atoms with Crippen LogP contribution in [0.3, 0.4) is 0 Å². The second-order valence-corrected chi connectivity index (χ2v) is 2.84. The van der Waals surface area contributed by atoms with Crippen molar-refractivity contribution in [2.45, 2.75) is 6.04 Å². The molecular weight excluding hydrogens is 161 g/mol. The molecule has 70 valence electrons. The number of alkyl halides is 1. The molecular formula is C7H14FN3O. The molecule has 5 heteroatoms. The molecule has 1 aliphatic rings. The van der Waals surface area contributed by atoms with Gasteiger partial charge in [-0.05, 0) is 0 Å². The van der Waals surface area contributed by atoms with Gasteiger partial charge in [-0.25, -0.2) is 4.39 Å². The van der Waals surface area contributed by atoms with Gasteiger partial charge in [0.25, 0.3) is 0 Å². The lowest BCUT2D eigenvalue weighted by molar-refractivity contribution is -0.133. The number of hydrogen-bond acceptors (Lipinski definition) is 3. The summed E-state index contributed by atoms with van der Waals surface area (Å²) in [5, 5.41) is 3.10. The number of amides is 1. The lowest BCUT2D eigenvalue weighted by atomic mass is 10.2. The molecule has 0 saturated carbocycles. The third-order valence-corrected chi connectivity index (χ3v) is 1.91. The van der Waals surface area contributed by atoms with Gasteiger partial charge in [-0.3, -0.25) is 4.79 Å². The summed E-state index contributed by atoms with van der Waals surface area (Å²) >= 11 is 0. The minimum Gasteiger partial charge on any atom is -0.339 e. The van der Waals surface area contributed by atoms with Crippen molar-refractivity contribution in [2.24, 2.45) is 5.73 Å². The van der Waals surface area contributed by atoms with Crippen LogP contribution in [0.25, 0.3) is 0 Å². The minimum absolute atomic E-state index is 0.279. The van der Waals surface area contributed by atoms with Crippen molar-refractivity contribution >= 4 is 5.91 Å². The van der Waals surface area contributed by atoms with Gasteiger partial charge in [0.15, 0.2) is 0 Å². The van der Waals surface area contributed by atoms with E-state index in [9.17, 15) is 9.18 Å². The van der Waals surface area contributed by atoms with Crippen LogP contribution in [-0.2, 0) is 4.79 Å². The van der Waals surface area contributed by atoms with E-state index in [1.165, 1.54) is 0 Å². The molecule has 0 aromatic rings. The van der Waals surface area contributed by atoms with E-state index in [2.05, 4.69) is 5.32 Å². The van der Waals surface area contributed by atoms with Crippen LogP contribution >= 0.6 is 0 Å². The number of halogens is 1. The Kier molecular flexibility index (Phi) is 3.43. The van der Waals surface area contributed by atoms with E-state index in [-0.39, 0.29) is 5.91 Å². The molecule has 12 heavy (non-hydrogen) atoms. The van der Waals surface area contributed by atoms with E-state index in [0.29, 0.717) is 13.1 Å². The Morgan fingerprint density at radius 3 is 2.67 bits per heavy atom. The number of piperazine rings is 1. The number of rotatable bonds is 2. The van der Waals surface area contributed by atoms with Crippen LogP contribution in [0.5, 0.6) is 0 Å². The standard InChI is InChI=1S/C7H14FN3O/c8-5-6(9)7(12)11-3-1-10-2-4-11/h6,10H,1-5,9H2. The first-order chi connectivity index (χ1) is 5.75. The average Bonchev–Trinajstić information content (AvgIpc) is 2.17. The highest BCUT2D eigenvalue weighted by Crippen LogP contribution is 1.96. The monoisotopic (exact) mass is 175 g/mol. The summed E-state index contributed by atoms with van der Waals surface area (Å²) in [5.74, 6) is -0.279. The molecule has 1 unspecified atom stereocenters. The van der Waals surface area contributed by atoms with Crippen molar-refractivity contribution in [1.82, 2.24) is 10.2 Å². The highest BCUT2D eigenvalue weighted by molar-refractivity contribution is 5.81. The van der Waals surface area contributed by atoms with Crippen LogP contribution in [0.2, 0.25) is 0 Å². The number of carbonyl (C=O) groups is 1. The van der Waals surface area contributed by atoms with Gasteiger partial charge in [0.1, 0.15) is 12.7 Å². The molecule has 0 aromatic heterocycles. The van der Waals surface area contributed by atoms with E-state index in [0.717, 1.165) is 13.1 Å². The molecule has 4 nitrogen and oxygen atoms in total. The van der Waals surface area contributed by atoms with Crippen LogP contribution in [0.1, 0.15) is 0 Å². The maximum absolute atomic E-state index is 12.0. The predicted molar refractivity (Wildman–Crippen MR) is 43.4 cm³/mol. The van der Waals surface area contributed by atoms with Crippen LogP contribution < -0.4 is 11.1 Å². The quantitative estimate of drug-likeness (QED) is 0.549. The van der Waals surface area contributed by atoms with E-state index in [1.54, 1.807) is 4.90 Å². The molecule has 0 aliphatic carbocycles. The zero-order chi connectivity index (χ0) is 8.97. The Morgan fingerprint density at radius 2 is 2.17 bits per heavy atom. The Labute approximate surface area is 70.9 Å². The van der Waals surface area contributed by atoms with Gasteiger partial charge in [0, 0.05) is 26.2 Å². The molecule has 1 aliphatic heterocycles. The van der Waals surface area contributed by atoms with Crippen molar-refractivity contribution in [3.63, 3.8) is 0 Å². The maximum Gasteiger partial charge on any atom is 0.242 e. The van der Waals surface area contributed by atoms with Gasteiger partial charge in [-0.1, -0.05) is 0 Å². The van der Waals surface area contributed by atoms with Crippen LogP contribution in [0.4, 0.5) is 4.39 Å². The largest absolute Gasteiger partial charge is 0.339 e. The van der Waals surface area contributed by atoms with Crippen molar-refractivity contribution < 1.29 is 9.18 Å². The predicted octanol–water partition coefficient (Wildman–Crippen LogP) is -1.28. The molecule has 0 spiro atoms. The number of carbonyl (C=O) groups excluding carboxylic acids is 1. The summed E-state index contributed by atoms with van der Waals surface area (Å²) in [7, 11) is 0. The Balaban J connectivity index is 2.39. The number of nitrogens with zero attached hydrogens (tertiary/aromatic N) is 1. The highest BCUT2D eigenvalue weighted by Gasteiger charge is 2.21. The summed E-state index contributed by atoms with van der Waals surface area (Å²) in [6.07, 6.45) is 0. The Morgan fingerprint density at radius 1 is 1.58 bits per heavy atom. The molecule has 1 rings (SSSR count). The minimum atomic E-state index is -0.969. The molecule has 0 bridgehead atoms. The van der Waals surface area contributed by atoms with Gasteiger partial charge in [0.2, 0.25) is 5.91 Å². The number of nitrogens with one attached hydrogen (secondary N) is 1. The third kappa shape index (κ3) is 2.15. The molecule has 1 heterocycles. The van der Waals surface area contributed by atoms with Crippen molar-refractivity contribution in [3.05, 3.63) is 0 Å². The van der Waals surface area contributed by atoms with Gasteiger partial charge >= 0.3 is 0 Å². The van der Waals surface area contributed by atoms with Gasteiger partial charge in [-0.2, -0.15) is 0 Å². The normalized spacial score (nSPS) is 20.7. The third-order valence-electron chi connectivity index (χ3n) is 1.91. The fourth-order valence-corrected chi connectivity index (χ4v) is 1.19. The molecule has 1 amide bonds. The lowest BCUT2D eigenvalue weighted by Crippen LogP contribution is -2.52. The van der Waals surface area contributed by atoms with Crippen molar-refractivity contribution in [3.8, 4) is 0 Å². The smallest absolute Gasteiger partial charge is 0.242 e. The SMILES string of the molecule is NC(CF)C(=O)N1CCNCC1. The molecule has 0 radical (unpaired) electrons. The lowest BCUT2D eigenvalue weighted by Gasteiger charge is -2.28. The number of hydrogen-bond donors (Lipinski definition) is 2. The zero-order valence-corrected chi connectivity index (χ0v) is 6.92. The topological polar surface area (TPSA) is 58.4 Å². The summed E-state index contributed by atoms with van der Waals surface area (Å²) in [5.41, 5.74) is 5.26. The fraction of sp³-hybridized carbons (Fsp3) is 0.857. The highest BCUT2D eigenvalue weighted by atomic mass is 19.1. The summed E-state index contributed by atoms with van der Waals surface area (Å²) < 4.78 is 12.0. The molecule has 1 saturated heterocycles. The van der Waals surface area contributed by atoms with E-state index in [1.807, 2.05) is 0 Å². The first kappa shape index (κ1) is 9.41. The van der Waals surface area contributed by atoms with Gasteiger partial charge < -0.3 is 16.0 Å². The molecule has 0 aromatic carbocycles.